The Balaban J connectivity index is 0.00000256. The Hall–Kier alpha value is -0.510. The number of hydrogen-bond donors (Lipinski definition) is 2. The second-order valence-corrected chi connectivity index (χ2v) is 5.13. The van der Waals surface area contributed by atoms with Crippen LogP contribution >= 0.6 is 28.3 Å². The summed E-state index contributed by atoms with van der Waals surface area (Å²) in [5.41, 5.74) is 9.92. The molecule has 1 rings (SSSR count). The first-order valence-electron chi connectivity index (χ1n) is 5.23. The van der Waals surface area contributed by atoms with Crippen molar-refractivity contribution >= 4 is 28.3 Å². The van der Waals surface area contributed by atoms with E-state index in [0.29, 0.717) is 6.42 Å². The van der Waals surface area contributed by atoms with E-state index in [2.05, 4.69) is 22.5 Å². The van der Waals surface area contributed by atoms with E-state index >= 15 is 0 Å². The van der Waals surface area contributed by atoms with E-state index in [1.165, 1.54) is 0 Å². The standard InChI is InChI=1S/C13H18BrNO.ClH/c1-7(2)5-10(15)12-9(4)13(14)8(3)6-11(12)16;/h6,10,16H,1,5,15H2,2-4H3;1H/t10-;/m0./s1. The maximum atomic E-state index is 9.95. The number of nitrogens with two attached hydrogens (primary N) is 1. The highest BCUT2D eigenvalue weighted by molar-refractivity contribution is 9.10. The van der Waals surface area contributed by atoms with Crippen molar-refractivity contribution in [1.82, 2.24) is 0 Å². The first kappa shape index (κ1) is 16.5. The molecule has 3 N–H and O–H groups in total. The predicted octanol–water partition coefficient (Wildman–Crippen LogP) is 4.16. The van der Waals surface area contributed by atoms with E-state index in [1.54, 1.807) is 6.07 Å². The molecule has 0 spiro atoms. The largest absolute Gasteiger partial charge is 0.508 e. The highest BCUT2D eigenvalue weighted by atomic mass is 79.9. The van der Waals surface area contributed by atoms with Gasteiger partial charge in [0, 0.05) is 16.1 Å². The number of aromatic hydroxyl groups is 1. The van der Waals surface area contributed by atoms with Gasteiger partial charge in [0.2, 0.25) is 0 Å². The molecule has 0 unspecified atom stereocenters. The first-order chi connectivity index (χ1) is 7.34. The van der Waals surface area contributed by atoms with Crippen molar-refractivity contribution in [2.24, 2.45) is 5.73 Å². The van der Waals surface area contributed by atoms with E-state index in [1.807, 2.05) is 20.8 Å². The van der Waals surface area contributed by atoms with Gasteiger partial charge >= 0.3 is 0 Å². The average molecular weight is 321 g/mol. The van der Waals surface area contributed by atoms with E-state index in [4.69, 9.17) is 5.73 Å². The molecule has 0 aliphatic carbocycles. The molecule has 0 saturated carbocycles. The number of phenolic OH excluding ortho intramolecular Hbond substituents is 1. The van der Waals surface area contributed by atoms with Crippen molar-refractivity contribution in [3.8, 4) is 5.75 Å². The molecule has 0 amide bonds. The van der Waals surface area contributed by atoms with E-state index in [0.717, 1.165) is 26.7 Å². The molecule has 4 heteroatoms. The van der Waals surface area contributed by atoms with Crippen LogP contribution in [0.5, 0.6) is 5.75 Å². The summed E-state index contributed by atoms with van der Waals surface area (Å²) in [7, 11) is 0. The van der Waals surface area contributed by atoms with Crippen molar-refractivity contribution in [3.63, 3.8) is 0 Å². The quantitative estimate of drug-likeness (QED) is 0.821. The number of rotatable bonds is 3. The van der Waals surface area contributed by atoms with Crippen LogP contribution in [0.2, 0.25) is 0 Å². The van der Waals surface area contributed by atoms with Crippen LogP contribution in [0.25, 0.3) is 0 Å². The fourth-order valence-corrected chi connectivity index (χ4v) is 2.23. The topological polar surface area (TPSA) is 46.2 Å². The Labute approximate surface area is 117 Å². The Morgan fingerprint density at radius 2 is 2.06 bits per heavy atom. The van der Waals surface area contributed by atoms with Gasteiger partial charge in [-0.25, -0.2) is 0 Å². The molecular formula is C13H19BrClNO. The molecule has 0 bridgehead atoms. The minimum atomic E-state index is -0.200. The monoisotopic (exact) mass is 319 g/mol. The Morgan fingerprint density at radius 1 is 1.53 bits per heavy atom. The molecule has 17 heavy (non-hydrogen) atoms. The number of hydrogen-bond acceptors (Lipinski definition) is 2. The molecule has 0 saturated heterocycles. The summed E-state index contributed by atoms with van der Waals surface area (Å²) in [5, 5.41) is 9.95. The Bertz CT molecular complexity index is 432. The van der Waals surface area contributed by atoms with Gasteiger partial charge in [0.15, 0.2) is 0 Å². The zero-order valence-electron chi connectivity index (χ0n) is 10.4. The van der Waals surface area contributed by atoms with E-state index in [-0.39, 0.29) is 24.2 Å². The third-order valence-corrected chi connectivity index (χ3v) is 3.87. The molecule has 1 aromatic rings. The van der Waals surface area contributed by atoms with Gasteiger partial charge in [0.25, 0.3) is 0 Å². The third kappa shape index (κ3) is 3.73. The van der Waals surface area contributed by atoms with Gasteiger partial charge in [0.1, 0.15) is 5.75 Å². The number of aryl methyl sites for hydroxylation is 1. The van der Waals surface area contributed by atoms with Crippen LogP contribution in [0.15, 0.2) is 22.7 Å². The van der Waals surface area contributed by atoms with Gasteiger partial charge in [0.05, 0.1) is 0 Å². The summed E-state index contributed by atoms with van der Waals surface area (Å²) in [5.74, 6) is 0.270. The average Bonchev–Trinajstić information content (AvgIpc) is 2.13. The molecule has 0 aliphatic rings. The summed E-state index contributed by atoms with van der Waals surface area (Å²) in [6.45, 7) is 9.70. The minimum absolute atomic E-state index is 0. The Morgan fingerprint density at radius 3 is 2.53 bits per heavy atom. The van der Waals surface area contributed by atoms with Crippen LogP contribution in [0.3, 0.4) is 0 Å². The van der Waals surface area contributed by atoms with Crippen LogP contribution in [-0.4, -0.2) is 5.11 Å². The molecule has 2 nitrogen and oxygen atoms in total. The van der Waals surface area contributed by atoms with Crippen LogP contribution in [-0.2, 0) is 0 Å². The molecule has 1 aromatic carbocycles. The van der Waals surface area contributed by atoms with Crippen LogP contribution in [0, 0.1) is 13.8 Å². The molecule has 96 valence electrons. The van der Waals surface area contributed by atoms with Crippen LogP contribution in [0.4, 0.5) is 0 Å². The number of halogens is 2. The lowest BCUT2D eigenvalue weighted by molar-refractivity contribution is 0.459. The summed E-state index contributed by atoms with van der Waals surface area (Å²) in [6.07, 6.45) is 0.684. The highest BCUT2D eigenvalue weighted by Crippen LogP contribution is 2.35. The van der Waals surface area contributed by atoms with E-state index < -0.39 is 0 Å². The maximum absolute atomic E-state index is 9.95. The normalized spacial score (nSPS) is 11.8. The zero-order valence-corrected chi connectivity index (χ0v) is 12.8. The molecule has 0 aromatic heterocycles. The van der Waals surface area contributed by atoms with E-state index in [9.17, 15) is 5.11 Å². The molecule has 0 fully saturated rings. The van der Waals surface area contributed by atoms with Crippen LogP contribution in [0.1, 0.15) is 36.1 Å². The van der Waals surface area contributed by atoms with Gasteiger partial charge in [-0.3, -0.25) is 0 Å². The second kappa shape index (κ2) is 6.43. The lowest BCUT2D eigenvalue weighted by atomic mass is 9.94. The Kier molecular flexibility index (Phi) is 6.24. The van der Waals surface area contributed by atoms with Crippen molar-refractivity contribution in [3.05, 3.63) is 39.4 Å². The summed E-state index contributed by atoms with van der Waals surface area (Å²) in [6, 6.07) is 1.54. The predicted molar refractivity (Wildman–Crippen MR) is 78.9 cm³/mol. The maximum Gasteiger partial charge on any atom is 0.120 e. The molecular weight excluding hydrogens is 302 g/mol. The smallest absolute Gasteiger partial charge is 0.120 e. The lowest BCUT2D eigenvalue weighted by Gasteiger charge is -2.18. The lowest BCUT2D eigenvalue weighted by Crippen LogP contribution is -2.13. The SMILES string of the molecule is C=C(C)C[C@H](N)c1c(O)cc(C)c(Br)c1C.Cl. The van der Waals surface area contributed by atoms with Crippen molar-refractivity contribution in [1.29, 1.82) is 0 Å². The molecule has 0 radical (unpaired) electrons. The third-order valence-electron chi connectivity index (χ3n) is 2.65. The van der Waals surface area contributed by atoms with Crippen molar-refractivity contribution < 1.29 is 5.11 Å². The molecule has 1 atom stereocenters. The van der Waals surface area contributed by atoms with Crippen molar-refractivity contribution in [2.75, 3.05) is 0 Å². The minimum Gasteiger partial charge on any atom is -0.508 e. The number of phenols is 1. The summed E-state index contributed by atoms with van der Waals surface area (Å²) in [4.78, 5) is 0. The van der Waals surface area contributed by atoms with Gasteiger partial charge in [-0.15, -0.1) is 19.0 Å². The zero-order chi connectivity index (χ0) is 12.5. The second-order valence-electron chi connectivity index (χ2n) is 4.33. The molecule has 0 heterocycles. The number of benzene rings is 1. The van der Waals surface area contributed by atoms with Gasteiger partial charge in [-0.1, -0.05) is 21.5 Å². The van der Waals surface area contributed by atoms with Gasteiger partial charge in [-0.2, -0.15) is 0 Å². The van der Waals surface area contributed by atoms with Crippen LogP contribution < -0.4 is 5.73 Å². The fraction of sp³-hybridized carbons (Fsp3) is 0.385. The highest BCUT2D eigenvalue weighted by Gasteiger charge is 2.17. The fourth-order valence-electron chi connectivity index (χ4n) is 1.90. The summed E-state index contributed by atoms with van der Waals surface area (Å²) >= 11 is 3.51. The van der Waals surface area contributed by atoms with Gasteiger partial charge < -0.3 is 10.8 Å². The molecule has 0 aliphatic heterocycles. The van der Waals surface area contributed by atoms with Gasteiger partial charge in [-0.05, 0) is 44.4 Å². The summed E-state index contributed by atoms with van der Waals surface area (Å²) < 4.78 is 1.01. The van der Waals surface area contributed by atoms with Crippen molar-refractivity contribution in [2.45, 2.75) is 33.2 Å². The first-order valence-corrected chi connectivity index (χ1v) is 6.02.